The topological polar surface area (TPSA) is 0 Å². The van der Waals surface area contributed by atoms with Crippen LogP contribution in [0.4, 0.5) is 0 Å². The second-order valence-electron chi connectivity index (χ2n) is 7.54. The fraction of sp³-hybridized carbons (Fsp3) is 0.250. The van der Waals surface area contributed by atoms with Crippen LogP contribution in [-0.2, 0) is 0 Å². The summed E-state index contributed by atoms with van der Waals surface area (Å²) in [7, 11) is 0. The van der Waals surface area contributed by atoms with E-state index in [1.165, 1.54) is 46.9 Å². The number of halogens is 1. The molecule has 0 amide bonds. The normalized spacial score (nSPS) is 22.8. The molecule has 0 saturated carbocycles. The Balaban J connectivity index is 2.16. The van der Waals surface area contributed by atoms with Crippen molar-refractivity contribution in [1.29, 1.82) is 0 Å². The van der Waals surface area contributed by atoms with E-state index in [0.717, 1.165) is 0 Å². The van der Waals surface area contributed by atoms with Crippen LogP contribution in [0.2, 0.25) is 0 Å². The van der Waals surface area contributed by atoms with Crippen molar-refractivity contribution in [1.82, 2.24) is 0 Å². The monoisotopic (exact) mass is 424 g/mol. The van der Waals surface area contributed by atoms with Crippen molar-refractivity contribution < 1.29 is 0 Å². The van der Waals surface area contributed by atoms with Crippen molar-refractivity contribution in [3.63, 3.8) is 0 Å². The van der Waals surface area contributed by atoms with E-state index in [9.17, 15) is 0 Å². The molecule has 0 aromatic heterocycles. The maximum absolute atomic E-state index is 4.26. The number of rotatable bonds is 3. The Morgan fingerprint density at radius 2 is 1.19 bits per heavy atom. The van der Waals surface area contributed by atoms with Gasteiger partial charge in [-0.15, -0.1) is 0 Å². The molecule has 0 bridgehead atoms. The Morgan fingerprint density at radius 3 is 1.69 bits per heavy atom. The van der Waals surface area contributed by atoms with E-state index in [1.54, 1.807) is 0 Å². The van der Waals surface area contributed by atoms with Gasteiger partial charge in [-0.25, -0.2) is 0 Å². The average Bonchev–Trinajstić information content (AvgIpc) is 2.71. The first-order valence-corrected chi connectivity index (χ1v) is 12.9. The zero-order valence-electron chi connectivity index (χ0n) is 15.3. The first kappa shape index (κ1) is 18.0. The van der Waals surface area contributed by atoms with Crippen LogP contribution in [0.3, 0.4) is 0 Å². The zero-order chi connectivity index (χ0) is 18.1. The quantitative estimate of drug-likeness (QED) is 0.372. The average molecular weight is 425 g/mol. The molecule has 1 saturated heterocycles. The summed E-state index contributed by atoms with van der Waals surface area (Å²) in [5.41, 5.74) is 1.33. The van der Waals surface area contributed by atoms with Gasteiger partial charge in [0.05, 0.1) is 0 Å². The van der Waals surface area contributed by atoms with Gasteiger partial charge in [0.2, 0.25) is 0 Å². The second kappa shape index (κ2) is 6.95. The van der Waals surface area contributed by atoms with Crippen LogP contribution in [0.5, 0.6) is 0 Å². The van der Waals surface area contributed by atoms with E-state index in [-0.39, 0.29) is 0 Å². The molecule has 1 fully saturated rings. The van der Waals surface area contributed by atoms with Gasteiger partial charge in [0.15, 0.2) is 0 Å². The summed E-state index contributed by atoms with van der Waals surface area (Å²) in [4.78, 5) is 0. The van der Waals surface area contributed by atoms with E-state index in [1.807, 2.05) is 0 Å². The Labute approximate surface area is 165 Å². The van der Waals surface area contributed by atoms with Crippen LogP contribution in [0.1, 0.15) is 24.8 Å². The van der Waals surface area contributed by atoms with Crippen LogP contribution >= 0.6 is 22.5 Å². The molecular weight excluding hydrogens is 399 g/mol. The fourth-order valence-corrected chi connectivity index (χ4v) is 15.1. The van der Waals surface area contributed by atoms with E-state index >= 15 is 0 Å². The van der Waals surface area contributed by atoms with Gasteiger partial charge < -0.3 is 0 Å². The molecule has 1 atom stereocenters. The van der Waals surface area contributed by atoms with Gasteiger partial charge in [0.25, 0.3) is 0 Å². The van der Waals surface area contributed by atoms with Crippen LogP contribution < -0.4 is 15.9 Å². The second-order valence-corrected chi connectivity index (χ2v) is 14.7. The molecule has 26 heavy (non-hydrogen) atoms. The first-order valence-electron chi connectivity index (χ1n) is 9.51. The predicted octanol–water partition coefficient (Wildman–Crippen LogP) is 5.73. The van der Waals surface area contributed by atoms with E-state index in [0.29, 0.717) is 4.57 Å². The maximum atomic E-state index is 4.26. The number of aryl methyl sites for hydroxylation is 1. The SMILES string of the molecule is Cc1ccc(P2(c3ccccc3)(c3ccccc3)CCCCC2Br)cc1. The van der Waals surface area contributed by atoms with Crippen LogP contribution in [-0.4, -0.2) is 10.7 Å². The number of hydrogen-bond donors (Lipinski definition) is 0. The van der Waals surface area contributed by atoms with Crippen LogP contribution in [0.15, 0.2) is 84.9 Å². The summed E-state index contributed by atoms with van der Waals surface area (Å²) < 4.78 is 0.481. The van der Waals surface area contributed by atoms with Gasteiger partial charge in [-0.05, 0) is 0 Å². The van der Waals surface area contributed by atoms with Crippen molar-refractivity contribution >= 4 is 38.4 Å². The fourth-order valence-electron chi connectivity index (χ4n) is 4.92. The number of hydrogen-bond acceptors (Lipinski definition) is 0. The summed E-state index contributed by atoms with van der Waals surface area (Å²) in [6.07, 6.45) is 5.07. The Bertz CT molecular complexity index is 832. The number of alkyl halides is 1. The summed E-state index contributed by atoms with van der Waals surface area (Å²) >= 11 is 4.26. The predicted molar refractivity (Wildman–Crippen MR) is 121 cm³/mol. The van der Waals surface area contributed by atoms with E-state index < -0.39 is 6.60 Å². The Kier molecular flexibility index (Phi) is 4.80. The Morgan fingerprint density at radius 1 is 0.692 bits per heavy atom. The number of benzene rings is 3. The van der Waals surface area contributed by atoms with Gasteiger partial charge in [0, 0.05) is 0 Å². The standard InChI is InChI=1S/C24H26BrP/c1-20-15-17-23(18-16-20)26(19-9-8-14-24(26)25,21-10-4-2-5-11-21)22-12-6-3-7-13-22/h2-7,10-13,15-18,24H,8-9,14,19H2,1H3. The molecule has 4 rings (SSSR count). The zero-order valence-corrected chi connectivity index (χ0v) is 17.8. The molecule has 1 unspecified atom stereocenters. The van der Waals surface area contributed by atoms with Gasteiger partial charge in [-0.3, -0.25) is 0 Å². The van der Waals surface area contributed by atoms with Crippen LogP contribution in [0.25, 0.3) is 0 Å². The third kappa shape index (κ3) is 2.44. The van der Waals surface area contributed by atoms with Gasteiger partial charge >= 0.3 is 166 Å². The minimum atomic E-state index is -2.58. The molecule has 0 nitrogen and oxygen atoms in total. The first-order chi connectivity index (χ1) is 12.7. The summed E-state index contributed by atoms with van der Waals surface area (Å²) in [5.74, 6) is 0. The molecule has 0 radical (unpaired) electrons. The van der Waals surface area contributed by atoms with Crippen molar-refractivity contribution in [2.75, 3.05) is 6.16 Å². The molecule has 0 N–H and O–H groups in total. The molecule has 134 valence electrons. The van der Waals surface area contributed by atoms with Crippen LogP contribution in [0, 0.1) is 6.92 Å². The van der Waals surface area contributed by atoms with Crippen molar-refractivity contribution in [3.8, 4) is 0 Å². The molecule has 3 aromatic carbocycles. The molecule has 1 aliphatic rings. The van der Waals surface area contributed by atoms with Crippen molar-refractivity contribution in [2.24, 2.45) is 0 Å². The molecule has 1 heterocycles. The van der Waals surface area contributed by atoms with E-state index in [2.05, 4.69) is 108 Å². The van der Waals surface area contributed by atoms with Gasteiger partial charge in [-0.2, -0.15) is 0 Å². The van der Waals surface area contributed by atoms with E-state index in [4.69, 9.17) is 0 Å². The Hall–Kier alpha value is -1.43. The third-order valence-electron chi connectivity index (χ3n) is 6.25. The summed E-state index contributed by atoms with van der Waals surface area (Å²) in [6, 6.07) is 32.1. The minimum absolute atomic E-state index is 0.481. The van der Waals surface area contributed by atoms with Gasteiger partial charge in [-0.1, -0.05) is 0 Å². The van der Waals surface area contributed by atoms with Crippen molar-refractivity contribution in [3.05, 3.63) is 90.5 Å². The molecule has 0 spiro atoms. The molecule has 3 aromatic rings. The molecule has 1 aliphatic heterocycles. The molecule has 0 aliphatic carbocycles. The third-order valence-corrected chi connectivity index (χ3v) is 16.6. The van der Waals surface area contributed by atoms with Gasteiger partial charge in [0.1, 0.15) is 0 Å². The van der Waals surface area contributed by atoms with Crippen molar-refractivity contribution in [2.45, 2.75) is 30.8 Å². The molecule has 2 heteroatoms. The summed E-state index contributed by atoms with van der Waals surface area (Å²) in [6.45, 7) is -0.403. The summed E-state index contributed by atoms with van der Waals surface area (Å²) in [5, 5.41) is 4.57. The molecular formula is C24H26BrP.